The van der Waals surface area contributed by atoms with Crippen LogP contribution in [0.2, 0.25) is 0 Å². The summed E-state index contributed by atoms with van der Waals surface area (Å²) in [4.78, 5) is 13.7. The van der Waals surface area contributed by atoms with Gasteiger partial charge >= 0.3 is 0 Å². The molecule has 30 heavy (non-hydrogen) atoms. The summed E-state index contributed by atoms with van der Waals surface area (Å²) in [5.74, 6) is 3.09. The lowest BCUT2D eigenvalue weighted by Crippen LogP contribution is -2.25. The van der Waals surface area contributed by atoms with Gasteiger partial charge in [0.25, 0.3) is 5.91 Å². The van der Waals surface area contributed by atoms with Crippen molar-refractivity contribution in [3.05, 3.63) is 76.7 Å². The minimum Gasteiger partial charge on any atom is -0.497 e. The average molecular weight is 426 g/mol. The first-order valence-corrected chi connectivity index (χ1v) is 10.8. The van der Waals surface area contributed by atoms with Crippen molar-refractivity contribution in [3.8, 4) is 11.5 Å². The molecule has 0 unspecified atom stereocenters. The van der Waals surface area contributed by atoms with Crippen LogP contribution < -0.4 is 14.8 Å². The second kappa shape index (κ2) is 10.3. The number of carbonyl (C=O) groups excluding carboxylic acids is 1. The topological polar surface area (TPSA) is 60.7 Å². The van der Waals surface area contributed by atoms with Crippen LogP contribution in [0.1, 0.15) is 33.0 Å². The van der Waals surface area contributed by atoms with E-state index < -0.39 is 0 Å². The van der Waals surface area contributed by atoms with Crippen molar-refractivity contribution >= 4 is 17.7 Å². The van der Waals surface area contributed by atoms with E-state index in [0.29, 0.717) is 24.5 Å². The number of thioether (sulfide) groups is 1. The van der Waals surface area contributed by atoms with Crippen LogP contribution >= 0.6 is 11.8 Å². The summed E-state index contributed by atoms with van der Waals surface area (Å²) in [6.45, 7) is 4.68. The number of carbonyl (C=O) groups is 1. The van der Waals surface area contributed by atoms with Crippen LogP contribution in [0.4, 0.5) is 0 Å². The van der Waals surface area contributed by atoms with Gasteiger partial charge in [-0.3, -0.25) is 4.79 Å². The Labute approximate surface area is 181 Å². The number of nitrogens with one attached hydrogen (secondary N) is 1. The van der Waals surface area contributed by atoms with E-state index in [9.17, 15) is 4.79 Å². The molecule has 0 atom stereocenters. The van der Waals surface area contributed by atoms with Crippen LogP contribution in [0.3, 0.4) is 0 Å². The molecule has 3 rings (SSSR count). The lowest BCUT2D eigenvalue weighted by atomic mass is 10.1. The minimum atomic E-state index is -0.222. The van der Waals surface area contributed by atoms with Gasteiger partial charge in [-0.2, -0.15) is 0 Å². The smallest absolute Gasteiger partial charge is 0.287 e. The summed E-state index contributed by atoms with van der Waals surface area (Å²) >= 11 is 1.72. The first kappa shape index (κ1) is 21.8. The number of aryl methyl sites for hydroxylation is 2. The minimum absolute atomic E-state index is 0.222. The molecule has 1 amide bonds. The highest BCUT2D eigenvalue weighted by Gasteiger charge is 2.13. The highest BCUT2D eigenvalue weighted by atomic mass is 32.2. The number of hydrogen-bond acceptors (Lipinski definition) is 5. The molecule has 0 aliphatic carbocycles. The van der Waals surface area contributed by atoms with Gasteiger partial charge in [0.15, 0.2) is 5.76 Å². The van der Waals surface area contributed by atoms with E-state index in [1.807, 2.05) is 24.3 Å². The predicted octanol–water partition coefficient (Wildman–Crippen LogP) is 5.18. The normalized spacial score (nSPS) is 10.7. The van der Waals surface area contributed by atoms with E-state index in [1.54, 1.807) is 32.0 Å². The standard InChI is InChI=1S/C24H27NO4S/c1-16-6-5-7-17(2)23(16)30-15-20-9-11-22(29-20)24(26)25-13-12-18-14-19(27-3)8-10-21(18)28-4/h5-11,14H,12-13,15H2,1-4H3,(H,25,26). The molecule has 0 saturated carbocycles. The second-order valence-corrected chi connectivity index (χ2v) is 7.94. The average Bonchev–Trinajstić information content (AvgIpc) is 3.22. The Bertz CT molecular complexity index is 992. The van der Waals surface area contributed by atoms with Crippen LogP contribution in [0, 0.1) is 13.8 Å². The molecule has 1 heterocycles. The molecule has 0 bridgehead atoms. The number of furan rings is 1. The van der Waals surface area contributed by atoms with Crippen molar-refractivity contribution in [1.82, 2.24) is 5.32 Å². The van der Waals surface area contributed by atoms with Crippen molar-refractivity contribution in [2.45, 2.75) is 30.9 Å². The summed E-state index contributed by atoms with van der Waals surface area (Å²) in [6, 6.07) is 15.5. The quantitative estimate of drug-likeness (QED) is 0.479. The summed E-state index contributed by atoms with van der Waals surface area (Å²) < 4.78 is 16.4. The third-order valence-electron chi connectivity index (χ3n) is 4.82. The Kier molecular flexibility index (Phi) is 7.46. The predicted molar refractivity (Wildman–Crippen MR) is 120 cm³/mol. The molecule has 2 aromatic carbocycles. The summed E-state index contributed by atoms with van der Waals surface area (Å²) in [5.41, 5.74) is 3.47. The molecule has 0 spiro atoms. The Morgan fingerprint density at radius 2 is 1.80 bits per heavy atom. The Balaban J connectivity index is 1.54. The summed E-state index contributed by atoms with van der Waals surface area (Å²) in [6.07, 6.45) is 0.627. The highest BCUT2D eigenvalue weighted by molar-refractivity contribution is 7.98. The molecule has 1 N–H and O–H groups in total. The maximum absolute atomic E-state index is 12.4. The zero-order valence-electron chi connectivity index (χ0n) is 17.8. The molecule has 3 aromatic rings. The van der Waals surface area contributed by atoms with E-state index in [-0.39, 0.29) is 5.91 Å². The van der Waals surface area contributed by atoms with Gasteiger partial charge in [-0.15, -0.1) is 11.8 Å². The molecular formula is C24H27NO4S. The van der Waals surface area contributed by atoms with E-state index in [1.165, 1.54) is 16.0 Å². The first-order chi connectivity index (χ1) is 14.5. The molecule has 0 radical (unpaired) electrons. The molecular weight excluding hydrogens is 398 g/mol. The number of benzene rings is 2. The van der Waals surface area contributed by atoms with Gasteiger partial charge < -0.3 is 19.2 Å². The third-order valence-corrected chi connectivity index (χ3v) is 6.18. The fourth-order valence-electron chi connectivity index (χ4n) is 3.22. The van der Waals surface area contributed by atoms with Crippen LogP contribution in [0.5, 0.6) is 11.5 Å². The van der Waals surface area contributed by atoms with E-state index in [4.69, 9.17) is 13.9 Å². The molecule has 0 aliphatic heterocycles. The Hall–Kier alpha value is -2.86. The van der Waals surface area contributed by atoms with Gasteiger partial charge in [-0.1, -0.05) is 18.2 Å². The molecule has 5 nitrogen and oxygen atoms in total. The lowest BCUT2D eigenvalue weighted by Gasteiger charge is -2.10. The van der Waals surface area contributed by atoms with E-state index in [2.05, 4.69) is 37.4 Å². The van der Waals surface area contributed by atoms with Crippen LogP contribution in [0.15, 0.2) is 57.8 Å². The second-order valence-electron chi connectivity index (χ2n) is 6.96. The lowest BCUT2D eigenvalue weighted by molar-refractivity contribution is 0.0925. The zero-order chi connectivity index (χ0) is 21.5. The van der Waals surface area contributed by atoms with Crippen molar-refractivity contribution < 1.29 is 18.7 Å². The molecule has 1 aromatic heterocycles. The van der Waals surface area contributed by atoms with Gasteiger partial charge in [0, 0.05) is 11.4 Å². The molecule has 6 heteroatoms. The molecule has 158 valence electrons. The Morgan fingerprint density at radius 3 is 2.50 bits per heavy atom. The van der Waals surface area contributed by atoms with Crippen molar-refractivity contribution in [2.75, 3.05) is 20.8 Å². The van der Waals surface area contributed by atoms with Crippen molar-refractivity contribution in [2.24, 2.45) is 0 Å². The largest absolute Gasteiger partial charge is 0.497 e. The number of amides is 1. The highest BCUT2D eigenvalue weighted by Crippen LogP contribution is 2.29. The number of ether oxygens (including phenoxy) is 2. The Morgan fingerprint density at radius 1 is 1.03 bits per heavy atom. The monoisotopic (exact) mass is 425 g/mol. The summed E-state index contributed by atoms with van der Waals surface area (Å²) in [7, 11) is 3.26. The maximum atomic E-state index is 12.4. The number of methoxy groups -OCH3 is 2. The molecule has 0 fully saturated rings. The van der Waals surface area contributed by atoms with Crippen LogP contribution in [0.25, 0.3) is 0 Å². The van der Waals surface area contributed by atoms with Gasteiger partial charge in [-0.05, 0) is 67.3 Å². The van der Waals surface area contributed by atoms with Gasteiger partial charge in [0.2, 0.25) is 0 Å². The number of rotatable bonds is 9. The van der Waals surface area contributed by atoms with Gasteiger partial charge in [0.05, 0.1) is 20.0 Å². The van der Waals surface area contributed by atoms with Gasteiger partial charge in [-0.25, -0.2) is 0 Å². The van der Waals surface area contributed by atoms with Crippen LogP contribution in [-0.2, 0) is 12.2 Å². The fourth-order valence-corrected chi connectivity index (χ4v) is 4.26. The van der Waals surface area contributed by atoms with E-state index in [0.717, 1.165) is 22.8 Å². The van der Waals surface area contributed by atoms with Crippen molar-refractivity contribution in [3.63, 3.8) is 0 Å². The van der Waals surface area contributed by atoms with Crippen LogP contribution in [-0.4, -0.2) is 26.7 Å². The fraction of sp³-hybridized carbons (Fsp3) is 0.292. The summed E-state index contributed by atoms with van der Waals surface area (Å²) in [5, 5.41) is 2.91. The molecule has 0 aliphatic rings. The SMILES string of the molecule is COc1ccc(OC)c(CCNC(=O)c2ccc(CSc3c(C)cccc3C)o2)c1. The zero-order valence-corrected chi connectivity index (χ0v) is 18.6. The third kappa shape index (κ3) is 5.39. The van der Waals surface area contributed by atoms with Gasteiger partial charge in [0.1, 0.15) is 17.3 Å². The first-order valence-electron chi connectivity index (χ1n) is 9.78. The number of hydrogen-bond donors (Lipinski definition) is 1. The van der Waals surface area contributed by atoms with E-state index >= 15 is 0 Å². The maximum Gasteiger partial charge on any atom is 0.287 e. The van der Waals surface area contributed by atoms with Crippen molar-refractivity contribution in [1.29, 1.82) is 0 Å². The molecule has 0 saturated heterocycles.